The molecule has 1 fully saturated rings. The zero-order chi connectivity index (χ0) is 16.5. The molecule has 118 valence electrons. The number of carbonyl (C=O) groups excluding carboxylic acids is 2. The zero-order valence-electron chi connectivity index (χ0n) is 13.6. The molecule has 0 radical (unpaired) electrons. The van der Waals surface area contributed by atoms with Crippen LogP contribution in [0.5, 0.6) is 0 Å². The lowest BCUT2D eigenvalue weighted by molar-refractivity contribution is -0.148. The van der Waals surface area contributed by atoms with Crippen LogP contribution in [0.25, 0.3) is 0 Å². The minimum absolute atomic E-state index is 0.00627. The van der Waals surface area contributed by atoms with Crippen molar-refractivity contribution in [1.82, 2.24) is 5.32 Å². The summed E-state index contributed by atoms with van der Waals surface area (Å²) in [6.07, 6.45) is -0.789. The normalized spacial score (nSPS) is 26.1. The second-order valence-corrected chi connectivity index (χ2v) is 11.6. The van der Waals surface area contributed by atoms with E-state index in [-0.39, 0.29) is 18.1 Å². The lowest BCUT2D eigenvalue weighted by atomic mass is 9.99. The maximum absolute atomic E-state index is 12.1. The molecule has 0 aromatic heterocycles. The Balaban J connectivity index is 2.93. The first-order chi connectivity index (χ1) is 9.49. The summed E-state index contributed by atoms with van der Waals surface area (Å²) in [5.41, 5.74) is -1.62. The maximum atomic E-state index is 12.1. The van der Waals surface area contributed by atoms with Crippen LogP contribution in [-0.4, -0.2) is 38.4 Å². The fourth-order valence-electron chi connectivity index (χ4n) is 1.85. The Morgan fingerprint density at radius 1 is 1.52 bits per heavy atom. The molecule has 6 nitrogen and oxygen atoms in total. The first kappa shape index (κ1) is 17.7. The molecule has 0 spiro atoms. The van der Waals surface area contributed by atoms with Crippen LogP contribution in [0.15, 0.2) is 0 Å². The number of hydrogen-bond donors (Lipinski definition) is 1. The van der Waals surface area contributed by atoms with Crippen LogP contribution in [-0.2, 0) is 18.8 Å². The van der Waals surface area contributed by atoms with E-state index in [1.165, 1.54) is 0 Å². The van der Waals surface area contributed by atoms with Gasteiger partial charge in [-0.15, -0.1) is 0 Å². The van der Waals surface area contributed by atoms with E-state index < -0.39 is 31.8 Å². The minimum Gasteiger partial charge on any atom is -0.463 e. The molecule has 1 rings (SSSR count). The Hall–Kier alpha value is -1.39. The Kier molecular flexibility index (Phi) is 4.86. The van der Waals surface area contributed by atoms with Crippen LogP contribution < -0.4 is 5.32 Å². The predicted octanol–water partition coefficient (Wildman–Crippen LogP) is 1.72. The smallest absolute Gasteiger partial charge is 0.346 e. The molecule has 0 aromatic carbocycles. The van der Waals surface area contributed by atoms with Crippen molar-refractivity contribution in [3.8, 4) is 6.07 Å². The van der Waals surface area contributed by atoms with Gasteiger partial charge in [-0.3, -0.25) is 4.79 Å². The van der Waals surface area contributed by atoms with Gasteiger partial charge in [0.15, 0.2) is 8.32 Å². The monoisotopic (exact) mass is 312 g/mol. The van der Waals surface area contributed by atoms with Crippen LogP contribution >= 0.6 is 0 Å². The summed E-state index contributed by atoms with van der Waals surface area (Å²) in [5.74, 6) is -1.14. The molecule has 0 aromatic rings. The van der Waals surface area contributed by atoms with Crippen LogP contribution in [0.1, 0.15) is 34.1 Å². The molecule has 1 aliphatic rings. The summed E-state index contributed by atoms with van der Waals surface area (Å²) in [6, 6.07) is 1.88. The van der Waals surface area contributed by atoms with E-state index in [2.05, 4.69) is 26.1 Å². The number of nitrogens with one attached hydrogen (secondary N) is 1. The predicted molar refractivity (Wildman–Crippen MR) is 79.8 cm³/mol. The van der Waals surface area contributed by atoms with E-state index in [1.807, 2.05) is 19.2 Å². The highest BCUT2D eigenvalue weighted by molar-refractivity contribution is 6.74. The SMILES string of the molecule is CCOC(=O)[C@@]1(C#N)C[C@@H](O[Si](C)(C)C(C)(C)C)C(=O)N1. The second-order valence-electron chi connectivity index (χ2n) is 6.80. The molecule has 1 aliphatic heterocycles. The first-order valence-electron chi connectivity index (χ1n) is 7.07. The van der Waals surface area contributed by atoms with Gasteiger partial charge in [-0.2, -0.15) is 5.26 Å². The second kappa shape index (κ2) is 5.77. The van der Waals surface area contributed by atoms with E-state index in [1.54, 1.807) is 6.92 Å². The number of amides is 1. The van der Waals surface area contributed by atoms with Crippen molar-refractivity contribution in [3.63, 3.8) is 0 Å². The molecule has 2 atom stereocenters. The summed E-state index contributed by atoms with van der Waals surface area (Å²) < 4.78 is 10.9. The van der Waals surface area contributed by atoms with Crippen molar-refractivity contribution < 1.29 is 18.8 Å². The fourth-order valence-corrected chi connectivity index (χ4v) is 3.10. The van der Waals surface area contributed by atoms with Crippen molar-refractivity contribution in [2.24, 2.45) is 0 Å². The van der Waals surface area contributed by atoms with Gasteiger partial charge < -0.3 is 14.5 Å². The van der Waals surface area contributed by atoms with E-state index in [4.69, 9.17) is 9.16 Å². The lowest BCUT2D eigenvalue weighted by Gasteiger charge is -2.37. The topological polar surface area (TPSA) is 88.4 Å². The Morgan fingerprint density at radius 2 is 2.10 bits per heavy atom. The van der Waals surface area contributed by atoms with Crippen molar-refractivity contribution >= 4 is 20.2 Å². The highest BCUT2D eigenvalue weighted by Crippen LogP contribution is 2.39. The van der Waals surface area contributed by atoms with Gasteiger partial charge in [-0.1, -0.05) is 20.8 Å². The molecular weight excluding hydrogens is 288 g/mol. The zero-order valence-corrected chi connectivity index (χ0v) is 14.6. The third-order valence-electron chi connectivity index (χ3n) is 4.18. The van der Waals surface area contributed by atoms with Crippen LogP contribution in [0.3, 0.4) is 0 Å². The average Bonchev–Trinajstić information content (AvgIpc) is 2.66. The summed E-state index contributed by atoms with van der Waals surface area (Å²) >= 11 is 0. The van der Waals surface area contributed by atoms with E-state index in [0.29, 0.717) is 0 Å². The molecule has 1 N–H and O–H groups in total. The number of nitriles is 1. The van der Waals surface area contributed by atoms with Crippen molar-refractivity contribution in [2.45, 2.75) is 63.9 Å². The van der Waals surface area contributed by atoms with Gasteiger partial charge in [0, 0.05) is 6.42 Å². The molecule has 1 amide bonds. The molecule has 0 aliphatic carbocycles. The van der Waals surface area contributed by atoms with Gasteiger partial charge in [0.1, 0.15) is 12.2 Å². The summed E-state index contributed by atoms with van der Waals surface area (Å²) in [5, 5.41) is 11.7. The van der Waals surface area contributed by atoms with Gasteiger partial charge in [0.25, 0.3) is 0 Å². The number of ether oxygens (including phenoxy) is 1. The van der Waals surface area contributed by atoms with Crippen molar-refractivity contribution in [2.75, 3.05) is 6.61 Å². The van der Waals surface area contributed by atoms with Crippen LogP contribution in [0, 0.1) is 11.3 Å². The number of hydrogen-bond acceptors (Lipinski definition) is 5. The molecule has 7 heteroatoms. The minimum atomic E-state index is -2.16. The van der Waals surface area contributed by atoms with Crippen LogP contribution in [0.2, 0.25) is 18.1 Å². The van der Waals surface area contributed by atoms with Crippen molar-refractivity contribution in [1.29, 1.82) is 5.26 Å². The highest BCUT2D eigenvalue weighted by atomic mass is 28.4. The number of rotatable bonds is 4. The molecule has 0 bridgehead atoms. The summed E-state index contributed by atoms with van der Waals surface area (Å²) in [4.78, 5) is 24.0. The quantitative estimate of drug-likeness (QED) is 0.631. The van der Waals surface area contributed by atoms with Gasteiger partial charge in [0.05, 0.1) is 6.61 Å². The summed E-state index contributed by atoms with van der Waals surface area (Å²) in [7, 11) is -2.16. The Bertz CT molecular complexity index is 478. The van der Waals surface area contributed by atoms with Gasteiger partial charge in [-0.25, -0.2) is 4.79 Å². The molecular formula is C14H24N2O4Si. The number of nitrogens with zero attached hydrogens (tertiary/aromatic N) is 1. The summed E-state index contributed by atoms with van der Waals surface area (Å²) in [6.45, 7) is 12.1. The van der Waals surface area contributed by atoms with Gasteiger partial charge in [-0.05, 0) is 25.1 Å². The molecule has 1 heterocycles. The molecule has 21 heavy (non-hydrogen) atoms. The van der Waals surface area contributed by atoms with Gasteiger partial charge in [0.2, 0.25) is 11.4 Å². The van der Waals surface area contributed by atoms with Crippen LogP contribution in [0.4, 0.5) is 0 Å². The number of esters is 1. The van der Waals surface area contributed by atoms with Crippen molar-refractivity contribution in [3.05, 3.63) is 0 Å². The maximum Gasteiger partial charge on any atom is 0.346 e. The molecule has 0 saturated carbocycles. The third-order valence-corrected chi connectivity index (χ3v) is 8.66. The highest BCUT2D eigenvalue weighted by Gasteiger charge is 2.54. The van der Waals surface area contributed by atoms with E-state index in [0.717, 1.165) is 0 Å². The van der Waals surface area contributed by atoms with Gasteiger partial charge >= 0.3 is 5.97 Å². The first-order valence-corrected chi connectivity index (χ1v) is 9.98. The Labute approximate surface area is 126 Å². The van der Waals surface area contributed by atoms with E-state index in [9.17, 15) is 14.9 Å². The molecule has 0 unspecified atom stereocenters. The fraction of sp³-hybridized carbons (Fsp3) is 0.786. The lowest BCUT2D eigenvalue weighted by Crippen LogP contribution is -2.48. The average molecular weight is 312 g/mol. The molecule has 1 saturated heterocycles. The number of carbonyl (C=O) groups is 2. The standard InChI is InChI=1S/C14H24N2O4Si/c1-7-19-12(18)14(9-15)8-10(11(17)16-14)20-21(5,6)13(2,3)4/h10H,7-8H2,1-6H3,(H,16,17)/t10-,14+/m1/s1. The Morgan fingerprint density at radius 3 is 2.52 bits per heavy atom. The van der Waals surface area contributed by atoms with E-state index >= 15 is 0 Å². The largest absolute Gasteiger partial charge is 0.463 e. The third kappa shape index (κ3) is 3.44.